The minimum absolute atomic E-state index is 0.174. The molecule has 0 saturated carbocycles. The largest absolute Gasteiger partial charge is 0.492 e. The number of carbonyl (C=O) groups excluding carboxylic acids is 1. The maximum atomic E-state index is 13.1. The molecule has 0 aliphatic carbocycles. The zero-order chi connectivity index (χ0) is 13.5. The zero-order valence-corrected chi connectivity index (χ0v) is 10.7. The van der Waals surface area contributed by atoms with Gasteiger partial charge in [-0.1, -0.05) is 6.92 Å². The van der Waals surface area contributed by atoms with Crippen LogP contribution in [0.4, 0.5) is 10.1 Å². The Labute approximate surface area is 106 Å². The number of benzene rings is 1. The van der Waals surface area contributed by atoms with Gasteiger partial charge in [0.25, 0.3) is 0 Å². The van der Waals surface area contributed by atoms with Crippen molar-refractivity contribution in [3.63, 3.8) is 0 Å². The van der Waals surface area contributed by atoms with Crippen LogP contribution in [0.3, 0.4) is 0 Å². The molecule has 0 spiro atoms. The van der Waals surface area contributed by atoms with Gasteiger partial charge in [-0.25, -0.2) is 4.39 Å². The first kappa shape index (κ1) is 14.4. The van der Waals surface area contributed by atoms with Crippen molar-refractivity contribution in [2.75, 3.05) is 18.5 Å². The van der Waals surface area contributed by atoms with E-state index in [1.807, 2.05) is 6.92 Å². The molecular weight excluding hydrogens is 235 g/mol. The highest BCUT2D eigenvalue weighted by Crippen LogP contribution is 2.26. The predicted molar refractivity (Wildman–Crippen MR) is 69.0 cm³/mol. The first-order valence-electron chi connectivity index (χ1n) is 6.05. The Balaban J connectivity index is 2.86. The third-order valence-corrected chi connectivity index (χ3v) is 2.65. The number of nitrogens with two attached hydrogens (primary N) is 1. The minimum Gasteiger partial charge on any atom is -0.492 e. The normalized spacial score (nSPS) is 12.0. The molecule has 1 aromatic carbocycles. The molecule has 18 heavy (non-hydrogen) atoms. The van der Waals surface area contributed by atoms with Gasteiger partial charge in [0.2, 0.25) is 5.91 Å². The predicted octanol–water partition coefficient (Wildman–Crippen LogP) is 2.15. The number of amides is 1. The molecule has 0 aliphatic rings. The van der Waals surface area contributed by atoms with Crippen LogP contribution < -0.4 is 15.8 Å². The number of rotatable bonds is 6. The summed E-state index contributed by atoms with van der Waals surface area (Å²) >= 11 is 0. The van der Waals surface area contributed by atoms with Crippen LogP contribution in [0.2, 0.25) is 0 Å². The molecule has 0 saturated heterocycles. The number of halogens is 1. The monoisotopic (exact) mass is 254 g/mol. The Kier molecular flexibility index (Phi) is 5.58. The molecule has 1 amide bonds. The van der Waals surface area contributed by atoms with E-state index in [-0.39, 0.29) is 18.4 Å². The summed E-state index contributed by atoms with van der Waals surface area (Å²) in [6.07, 6.45) is 0.660. The van der Waals surface area contributed by atoms with E-state index in [2.05, 4.69) is 5.32 Å². The van der Waals surface area contributed by atoms with E-state index in [1.54, 1.807) is 6.92 Å². The van der Waals surface area contributed by atoms with E-state index in [4.69, 9.17) is 10.5 Å². The molecule has 0 bridgehead atoms. The third kappa shape index (κ3) is 3.70. The van der Waals surface area contributed by atoms with E-state index in [1.165, 1.54) is 18.2 Å². The highest BCUT2D eigenvalue weighted by molar-refractivity contribution is 5.94. The van der Waals surface area contributed by atoms with Gasteiger partial charge >= 0.3 is 0 Å². The molecule has 100 valence electrons. The maximum absolute atomic E-state index is 13.1. The Morgan fingerprint density at radius 3 is 2.78 bits per heavy atom. The zero-order valence-electron chi connectivity index (χ0n) is 10.7. The molecule has 0 aliphatic heterocycles. The average Bonchev–Trinajstić information content (AvgIpc) is 2.34. The summed E-state index contributed by atoms with van der Waals surface area (Å²) in [7, 11) is 0. The topological polar surface area (TPSA) is 64.3 Å². The second-order valence-electron chi connectivity index (χ2n) is 3.90. The molecule has 4 nitrogen and oxygen atoms in total. The van der Waals surface area contributed by atoms with Gasteiger partial charge in [-0.2, -0.15) is 0 Å². The molecule has 0 radical (unpaired) electrons. The molecule has 0 fully saturated rings. The van der Waals surface area contributed by atoms with Gasteiger partial charge in [-0.15, -0.1) is 0 Å². The lowest BCUT2D eigenvalue weighted by molar-refractivity contribution is -0.119. The van der Waals surface area contributed by atoms with E-state index in [9.17, 15) is 9.18 Å². The molecule has 0 aromatic heterocycles. The van der Waals surface area contributed by atoms with Gasteiger partial charge in [0.05, 0.1) is 18.2 Å². The molecule has 1 aromatic rings. The highest BCUT2D eigenvalue weighted by atomic mass is 19.1. The first-order chi connectivity index (χ1) is 8.62. The Bertz CT molecular complexity index is 406. The van der Waals surface area contributed by atoms with Crippen LogP contribution in [0.5, 0.6) is 5.75 Å². The number of carbonyl (C=O) groups is 1. The minimum atomic E-state index is -0.401. The molecule has 5 heteroatoms. The van der Waals surface area contributed by atoms with Crippen molar-refractivity contribution in [3.8, 4) is 5.75 Å². The van der Waals surface area contributed by atoms with E-state index < -0.39 is 5.82 Å². The van der Waals surface area contributed by atoms with Gasteiger partial charge in [0.15, 0.2) is 0 Å². The molecular formula is C13H19FN2O2. The van der Waals surface area contributed by atoms with Crippen LogP contribution in [0, 0.1) is 11.7 Å². The van der Waals surface area contributed by atoms with Gasteiger partial charge < -0.3 is 15.8 Å². The summed E-state index contributed by atoms with van der Waals surface area (Å²) in [5, 5.41) is 2.71. The van der Waals surface area contributed by atoms with Crippen LogP contribution in [0.1, 0.15) is 20.3 Å². The molecule has 1 rings (SSSR count). The number of hydrogen-bond donors (Lipinski definition) is 2. The van der Waals surface area contributed by atoms with Gasteiger partial charge in [0.1, 0.15) is 11.6 Å². The summed E-state index contributed by atoms with van der Waals surface area (Å²) in [4.78, 5) is 11.9. The van der Waals surface area contributed by atoms with E-state index >= 15 is 0 Å². The first-order valence-corrected chi connectivity index (χ1v) is 6.05. The number of hydrogen-bond acceptors (Lipinski definition) is 3. The van der Waals surface area contributed by atoms with Crippen LogP contribution in [0.15, 0.2) is 18.2 Å². The molecule has 1 atom stereocenters. The lowest BCUT2D eigenvalue weighted by Crippen LogP contribution is -2.28. The standard InChI is InChI=1S/C13H19FN2O2/c1-3-9(8-15)13(17)16-11-6-5-10(14)7-12(11)18-4-2/h5-7,9H,3-4,8,15H2,1-2H3,(H,16,17). The Morgan fingerprint density at radius 2 is 2.22 bits per heavy atom. The molecule has 3 N–H and O–H groups in total. The molecule has 0 heterocycles. The van der Waals surface area contributed by atoms with Crippen LogP contribution in [-0.2, 0) is 4.79 Å². The summed E-state index contributed by atoms with van der Waals surface area (Å²) in [6.45, 7) is 4.38. The fourth-order valence-electron chi connectivity index (χ4n) is 1.57. The molecule has 1 unspecified atom stereocenters. The van der Waals surface area contributed by atoms with Crippen molar-refractivity contribution < 1.29 is 13.9 Å². The highest BCUT2D eigenvalue weighted by Gasteiger charge is 2.16. The van der Waals surface area contributed by atoms with Gasteiger partial charge in [-0.3, -0.25) is 4.79 Å². The van der Waals surface area contributed by atoms with Crippen molar-refractivity contribution in [1.29, 1.82) is 0 Å². The Hall–Kier alpha value is -1.62. The quantitative estimate of drug-likeness (QED) is 0.817. The van der Waals surface area contributed by atoms with E-state index in [0.29, 0.717) is 24.5 Å². The number of nitrogens with one attached hydrogen (secondary N) is 1. The fourth-order valence-corrected chi connectivity index (χ4v) is 1.57. The van der Waals surface area contributed by atoms with Crippen molar-refractivity contribution >= 4 is 11.6 Å². The summed E-state index contributed by atoms with van der Waals surface area (Å²) < 4.78 is 18.4. The summed E-state index contributed by atoms with van der Waals surface area (Å²) in [6, 6.07) is 4.02. The van der Waals surface area contributed by atoms with Gasteiger partial charge in [-0.05, 0) is 25.5 Å². The summed E-state index contributed by atoms with van der Waals surface area (Å²) in [5.41, 5.74) is 5.97. The maximum Gasteiger partial charge on any atom is 0.228 e. The lowest BCUT2D eigenvalue weighted by atomic mass is 10.1. The van der Waals surface area contributed by atoms with Crippen LogP contribution in [-0.4, -0.2) is 19.1 Å². The van der Waals surface area contributed by atoms with Crippen LogP contribution in [0.25, 0.3) is 0 Å². The second-order valence-corrected chi connectivity index (χ2v) is 3.90. The van der Waals surface area contributed by atoms with Crippen molar-refractivity contribution in [3.05, 3.63) is 24.0 Å². The van der Waals surface area contributed by atoms with Crippen molar-refractivity contribution in [1.82, 2.24) is 0 Å². The summed E-state index contributed by atoms with van der Waals surface area (Å²) in [5.74, 6) is -0.489. The fraction of sp³-hybridized carbons (Fsp3) is 0.462. The number of ether oxygens (including phenoxy) is 1. The third-order valence-electron chi connectivity index (χ3n) is 2.65. The Morgan fingerprint density at radius 1 is 1.50 bits per heavy atom. The smallest absolute Gasteiger partial charge is 0.228 e. The van der Waals surface area contributed by atoms with Crippen LogP contribution >= 0.6 is 0 Å². The van der Waals surface area contributed by atoms with E-state index in [0.717, 1.165) is 0 Å². The van der Waals surface area contributed by atoms with Crippen molar-refractivity contribution in [2.45, 2.75) is 20.3 Å². The lowest BCUT2D eigenvalue weighted by Gasteiger charge is -2.15. The average molecular weight is 254 g/mol. The number of anilines is 1. The second kappa shape index (κ2) is 6.96. The SMILES string of the molecule is CCOc1cc(F)ccc1NC(=O)C(CC)CN. The van der Waals surface area contributed by atoms with Crippen molar-refractivity contribution in [2.24, 2.45) is 11.7 Å². The van der Waals surface area contributed by atoms with Gasteiger partial charge in [0, 0.05) is 12.6 Å².